The van der Waals surface area contributed by atoms with E-state index in [1.54, 1.807) is 0 Å². The van der Waals surface area contributed by atoms with Crippen LogP contribution in [-0.4, -0.2) is 11.1 Å². The first-order chi connectivity index (χ1) is 8.77. The number of aliphatic carboxylic acids is 1. The molecule has 0 aromatic carbocycles. The van der Waals surface area contributed by atoms with E-state index in [9.17, 15) is 4.79 Å². The van der Waals surface area contributed by atoms with E-state index in [1.807, 2.05) is 6.08 Å². The third-order valence-corrected chi connectivity index (χ3v) is 2.96. The second-order valence-corrected chi connectivity index (χ2v) is 4.74. The van der Waals surface area contributed by atoms with Crippen LogP contribution in [0.15, 0.2) is 24.8 Å². The minimum atomic E-state index is -0.670. The molecule has 0 atom stereocenters. The SMILES string of the molecule is C=CCCC/C=C\CCCCCCCCC(=O)O. The largest absolute Gasteiger partial charge is 0.481 e. The van der Waals surface area contributed by atoms with Crippen molar-refractivity contribution in [2.45, 2.75) is 70.6 Å². The highest BCUT2D eigenvalue weighted by Crippen LogP contribution is 2.09. The van der Waals surface area contributed by atoms with Crippen LogP contribution >= 0.6 is 0 Å². The van der Waals surface area contributed by atoms with Crippen molar-refractivity contribution in [3.63, 3.8) is 0 Å². The number of hydrogen-bond donors (Lipinski definition) is 1. The first kappa shape index (κ1) is 16.9. The molecule has 0 spiro atoms. The van der Waals surface area contributed by atoms with Gasteiger partial charge in [0.25, 0.3) is 0 Å². The van der Waals surface area contributed by atoms with Gasteiger partial charge in [-0.1, -0.05) is 43.9 Å². The van der Waals surface area contributed by atoms with Gasteiger partial charge in [-0.15, -0.1) is 6.58 Å². The summed E-state index contributed by atoms with van der Waals surface area (Å²) < 4.78 is 0. The zero-order chi connectivity index (χ0) is 13.5. The van der Waals surface area contributed by atoms with Gasteiger partial charge in [0, 0.05) is 6.42 Å². The van der Waals surface area contributed by atoms with E-state index in [1.165, 1.54) is 44.9 Å². The molecule has 0 saturated carbocycles. The molecule has 104 valence electrons. The van der Waals surface area contributed by atoms with Crippen LogP contribution in [0.4, 0.5) is 0 Å². The van der Waals surface area contributed by atoms with Crippen molar-refractivity contribution >= 4 is 5.97 Å². The lowest BCUT2D eigenvalue weighted by Gasteiger charge is -1.99. The Kier molecular flexibility index (Phi) is 13.2. The first-order valence-electron chi connectivity index (χ1n) is 7.25. The smallest absolute Gasteiger partial charge is 0.303 e. The van der Waals surface area contributed by atoms with Gasteiger partial charge in [-0.2, -0.15) is 0 Å². The Morgan fingerprint density at radius 1 is 0.833 bits per heavy atom. The molecule has 0 saturated heterocycles. The zero-order valence-electron chi connectivity index (χ0n) is 11.6. The quantitative estimate of drug-likeness (QED) is 0.365. The summed E-state index contributed by atoms with van der Waals surface area (Å²) in [5, 5.41) is 8.48. The van der Waals surface area contributed by atoms with Gasteiger partial charge in [-0.25, -0.2) is 0 Å². The fourth-order valence-electron chi connectivity index (χ4n) is 1.86. The minimum Gasteiger partial charge on any atom is -0.481 e. The van der Waals surface area contributed by atoms with Crippen LogP contribution in [0.5, 0.6) is 0 Å². The van der Waals surface area contributed by atoms with E-state index in [4.69, 9.17) is 5.11 Å². The molecule has 0 unspecified atom stereocenters. The summed E-state index contributed by atoms with van der Waals surface area (Å²) in [4.78, 5) is 10.3. The highest BCUT2D eigenvalue weighted by atomic mass is 16.4. The Hall–Kier alpha value is -1.05. The van der Waals surface area contributed by atoms with Crippen LogP contribution in [0.3, 0.4) is 0 Å². The van der Waals surface area contributed by atoms with E-state index in [2.05, 4.69) is 18.7 Å². The van der Waals surface area contributed by atoms with Gasteiger partial charge in [0.1, 0.15) is 0 Å². The van der Waals surface area contributed by atoms with E-state index in [0.29, 0.717) is 6.42 Å². The second-order valence-electron chi connectivity index (χ2n) is 4.74. The standard InChI is InChI=1S/C16H28O2/c1-2-3-4-5-6-7-8-9-10-11-12-13-14-15-16(17)18/h2,6-7H,1,3-5,8-15H2,(H,17,18)/b7-6-. The van der Waals surface area contributed by atoms with Crippen molar-refractivity contribution in [1.29, 1.82) is 0 Å². The number of carboxylic acid groups (broad SMARTS) is 1. The van der Waals surface area contributed by atoms with Crippen molar-refractivity contribution in [2.75, 3.05) is 0 Å². The summed E-state index contributed by atoms with van der Waals surface area (Å²) in [5.41, 5.74) is 0. The summed E-state index contributed by atoms with van der Waals surface area (Å²) in [6, 6.07) is 0. The monoisotopic (exact) mass is 252 g/mol. The lowest BCUT2D eigenvalue weighted by atomic mass is 10.1. The van der Waals surface area contributed by atoms with Crippen LogP contribution in [0.1, 0.15) is 70.6 Å². The molecule has 2 heteroatoms. The van der Waals surface area contributed by atoms with Crippen LogP contribution in [0.25, 0.3) is 0 Å². The van der Waals surface area contributed by atoms with Gasteiger partial charge in [0.15, 0.2) is 0 Å². The van der Waals surface area contributed by atoms with E-state index < -0.39 is 5.97 Å². The van der Waals surface area contributed by atoms with Crippen LogP contribution in [-0.2, 0) is 4.79 Å². The van der Waals surface area contributed by atoms with Crippen molar-refractivity contribution in [1.82, 2.24) is 0 Å². The Morgan fingerprint density at radius 3 is 2.00 bits per heavy atom. The predicted molar refractivity (Wildman–Crippen MR) is 77.8 cm³/mol. The Bertz CT molecular complexity index is 231. The summed E-state index contributed by atoms with van der Waals surface area (Å²) in [5.74, 6) is -0.670. The first-order valence-corrected chi connectivity index (χ1v) is 7.25. The number of rotatable bonds is 13. The number of carbonyl (C=O) groups is 1. The maximum absolute atomic E-state index is 10.3. The van der Waals surface area contributed by atoms with Crippen LogP contribution in [0.2, 0.25) is 0 Å². The molecule has 0 bridgehead atoms. The molecular formula is C16H28O2. The highest BCUT2D eigenvalue weighted by molar-refractivity contribution is 5.66. The zero-order valence-corrected chi connectivity index (χ0v) is 11.6. The van der Waals surface area contributed by atoms with Gasteiger partial charge in [0.05, 0.1) is 0 Å². The molecule has 1 N–H and O–H groups in total. The Balaban J connectivity index is 3.06. The molecule has 0 rings (SSSR count). The molecule has 0 amide bonds. The molecular weight excluding hydrogens is 224 g/mol. The van der Waals surface area contributed by atoms with Crippen LogP contribution in [0, 0.1) is 0 Å². The molecule has 0 aliphatic carbocycles. The number of unbranched alkanes of at least 4 members (excludes halogenated alkanes) is 8. The predicted octanol–water partition coefficient (Wildman–Crippen LogP) is 5.10. The van der Waals surface area contributed by atoms with Crippen molar-refractivity contribution < 1.29 is 9.90 Å². The molecule has 0 aromatic rings. The summed E-state index contributed by atoms with van der Waals surface area (Å²) in [7, 11) is 0. The van der Waals surface area contributed by atoms with Crippen molar-refractivity contribution in [3.8, 4) is 0 Å². The third kappa shape index (κ3) is 14.9. The summed E-state index contributed by atoms with van der Waals surface area (Å²) in [6.07, 6.45) is 18.4. The fourth-order valence-corrected chi connectivity index (χ4v) is 1.86. The number of allylic oxidation sites excluding steroid dienone is 3. The second kappa shape index (κ2) is 14.0. The van der Waals surface area contributed by atoms with Gasteiger partial charge in [-0.3, -0.25) is 4.79 Å². The molecule has 0 aliphatic rings. The van der Waals surface area contributed by atoms with Gasteiger partial charge in [-0.05, 0) is 38.5 Å². The van der Waals surface area contributed by atoms with Gasteiger partial charge in [0.2, 0.25) is 0 Å². The molecule has 18 heavy (non-hydrogen) atoms. The van der Waals surface area contributed by atoms with Crippen molar-refractivity contribution in [2.24, 2.45) is 0 Å². The molecule has 0 fully saturated rings. The van der Waals surface area contributed by atoms with Crippen LogP contribution < -0.4 is 0 Å². The topological polar surface area (TPSA) is 37.3 Å². The molecule has 0 heterocycles. The normalized spacial score (nSPS) is 10.9. The summed E-state index contributed by atoms with van der Waals surface area (Å²) >= 11 is 0. The minimum absolute atomic E-state index is 0.327. The maximum Gasteiger partial charge on any atom is 0.303 e. The average molecular weight is 252 g/mol. The summed E-state index contributed by atoms with van der Waals surface area (Å²) in [6.45, 7) is 3.70. The average Bonchev–Trinajstić information content (AvgIpc) is 2.34. The number of hydrogen-bond acceptors (Lipinski definition) is 1. The molecule has 0 aliphatic heterocycles. The van der Waals surface area contributed by atoms with E-state index in [-0.39, 0.29) is 0 Å². The molecule has 0 radical (unpaired) electrons. The Morgan fingerprint density at radius 2 is 1.39 bits per heavy atom. The lowest BCUT2D eigenvalue weighted by Crippen LogP contribution is -1.93. The molecule has 0 aromatic heterocycles. The Labute approximate surface area is 112 Å². The van der Waals surface area contributed by atoms with E-state index >= 15 is 0 Å². The highest BCUT2D eigenvalue weighted by Gasteiger charge is 1.96. The van der Waals surface area contributed by atoms with Crippen molar-refractivity contribution in [3.05, 3.63) is 24.8 Å². The van der Waals surface area contributed by atoms with E-state index in [0.717, 1.165) is 19.3 Å². The van der Waals surface area contributed by atoms with Gasteiger partial charge < -0.3 is 5.11 Å². The number of carboxylic acids is 1. The fraction of sp³-hybridized carbons (Fsp3) is 0.688. The third-order valence-electron chi connectivity index (χ3n) is 2.96. The maximum atomic E-state index is 10.3. The molecule has 2 nitrogen and oxygen atoms in total. The lowest BCUT2D eigenvalue weighted by molar-refractivity contribution is -0.137. The van der Waals surface area contributed by atoms with Gasteiger partial charge >= 0.3 is 5.97 Å².